The zero-order chi connectivity index (χ0) is 12.5. The Morgan fingerprint density at radius 1 is 1.17 bits per heavy atom. The zero-order valence-electron chi connectivity index (χ0n) is 10.7. The lowest BCUT2D eigenvalue weighted by molar-refractivity contribution is 0.0971. The molecule has 0 N–H and O–H groups in total. The molecule has 0 aromatic carbocycles. The van der Waals surface area contributed by atoms with E-state index in [2.05, 4.69) is 16.9 Å². The average Bonchev–Trinajstić information content (AvgIpc) is 3.15. The summed E-state index contributed by atoms with van der Waals surface area (Å²) in [6.07, 6.45) is 7.60. The molecule has 1 heterocycles. The molecule has 98 valence electrons. The van der Waals surface area contributed by atoms with Crippen LogP contribution in [-0.2, 0) is 0 Å². The maximum atomic E-state index is 6.04. The molecular formula is C14H19ClN2O. The number of hydrogen-bond donors (Lipinski definition) is 0. The maximum Gasteiger partial charge on any atom is 0.218 e. The maximum absolute atomic E-state index is 6.04. The normalized spacial score (nSPS) is 28.1. The van der Waals surface area contributed by atoms with Crippen molar-refractivity contribution in [2.45, 2.75) is 57.5 Å². The Bertz CT molecular complexity index is 434. The number of halogens is 1. The van der Waals surface area contributed by atoms with Crippen LogP contribution < -0.4 is 4.74 Å². The number of aromatic nitrogens is 2. The molecule has 0 saturated heterocycles. The summed E-state index contributed by atoms with van der Waals surface area (Å²) in [5, 5.41) is 0.505. The van der Waals surface area contributed by atoms with Gasteiger partial charge in [0.05, 0.1) is 0 Å². The minimum atomic E-state index is 0.289. The second-order valence-corrected chi connectivity index (χ2v) is 5.97. The highest BCUT2D eigenvalue weighted by molar-refractivity contribution is 6.29. The Morgan fingerprint density at radius 3 is 2.67 bits per heavy atom. The summed E-state index contributed by atoms with van der Waals surface area (Å²) < 4.78 is 6.03. The smallest absolute Gasteiger partial charge is 0.218 e. The van der Waals surface area contributed by atoms with E-state index in [4.69, 9.17) is 16.3 Å². The van der Waals surface area contributed by atoms with Gasteiger partial charge in [-0.25, -0.2) is 4.98 Å². The van der Waals surface area contributed by atoms with Gasteiger partial charge in [-0.15, -0.1) is 0 Å². The topological polar surface area (TPSA) is 35.0 Å². The quantitative estimate of drug-likeness (QED) is 0.777. The second-order valence-electron chi connectivity index (χ2n) is 5.58. The number of hydrogen-bond acceptors (Lipinski definition) is 3. The van der Waals surface area contributed by atoms with Crippen LogP contribution in [0.1, 0.15) is 57.2 Å². The van der Waals surface area contributed by atoms with Crippen LogP contribution in [0.4, 0.5) is 0 Å². The molecule has 2 unspecified atom stereocenters. The van der Waals surface area contributed by atoms with Gasteiger partial charge in [0.2, 0.25) is 5.88 Å². The van der Waals surface area contributed by atoms with Crippen molar-refractivity contribution in [3.05, 3.63) is 17.0 Å². The molecule has 1 aromatic heterocycles. The molecule has 2 fully saturated rings. The van der Waals surface area contributed by atoms with Crippen molar-refractivity contribution in [2.75, 3.05) is 0 Å². The summed E-state index contributed by atoms with van der Waals surface area (Å²) in [7, 11) is 0. The highest BCUT2D eigenvalue weighted by Crippen LogP contribution is 2.39. The lowest BCUT2D eigenvalue weighted by Gasteiger charge is -2.28. The Labute approximate surface area is 113 Å². The molecule has 0 amide bonds. The van der Waals surface area contributed by atoms with Crippen molar-refractivity contribution >= 4 is 11.6 Å². The first-order valence-corrected chi connectivity index (χ1v) is 7.31. The summed E-state index contributed by atoms with van der Waals surface area (Å²) in [4.78, 5) is 8.79. The van der Waals surface area contributed by atoms with Gasteiger partial charge in [-0.05, 0) is 38.0 Å². The van der Waals surface area contributed by atoms with Crippen molar-refractivity contribution in [2.24, 2.45) is 5.92 Å². The van der Waals surface area contributed by atoms with E-state index in [9.17, 15) is 0 Å². The number of rotatable bonds is 3. The van der Waals surface area contributed by atoms with Crippen LogP contribution in [0, 0.1) is 5.92 Å². The summed E-state index contributed by atoms with van der Waals surface area (Å²) >= 11 is 6.04. The van der Waals surface area contributed by atoms with Gasteiger partial charge in [-0.1, -0.05) is 24.9 Å². The summed E-state index contributed by atoms with van der Waals surface area (Å²) in [6, 6.07) is 1.74. The minimum Gasteiger partial charge on any atom is -0.474 e. The highest BCUT2D eigenvalue weighted by Gasteiger charge is 2.28. The zero-order valence-corrected chi connectivity index (χ0v) is 11.5. The van der Waals surface area contributed by atoms with E-state index in [1.54, 1.807) is 6.07 Å². The largest absolute Gasteiger partial charge is 0.474 e. The van der Waals surface area contributed by atoms with E-state index in [-0.39, 0.29) is 6.10 Å². The fourth-order valence-electron chi connectivity index (χ4n) is 2.61. The fraction of sp³-hybridized carbons (Fsp3) is 0.714. The standard InChI is InChI=1S/C14H19ClN2O/c1-9-4-2-3-5-11(9)18-13-8-12(15)16-14(17-13)10-6-7-10/h8-11H,2-7H2,1H3. The molecule has 0 aliphatic heterocycles. The van der Waals surface area contributed by atoms with E-state index >= 15 is 0 Å². The molecule has 4 heteroatoms. The van der Waals surface area contributed by atoms with Gasteiger partial charge in [0.15, 0.2) is 0 Å². The molecule has 2 aliphatic rings. The number of ether oxygens (including phenoxy) is 1. The predicted octanol–water partition coefficient (Wildman–Crippen LogP) is 3.96. The molecule has 2 aliphatic carbocycles. The van der Waals surface area contributed by atoms with Crippen LogP contribution in [0.2, 0.25) is 5.15 Å². The summed E-state index contributed by atoms with van der Waals surface area (Å²) in [5.74, 6) is 2.64. The van der Waals surface area contributed by atoms with Crippen LogP contribution >= 0.6 is 11.6 Å². The minimum absolute atomic E-state index is 0.289. The Kier molecular flexibility index (Phi) is 3.42. The van der Waals surface area contributed by atoms with Gasteiger partial charge >= 0.3 is 0 Å². The lowest BCUT2D eigenvalue weighted by atomic mass is 9.88. The predicted molar refractivity (Wildman–Crippen MR) is 71.1 cm³/mol. The Morgan fingerprint density at radius 2 is 1.94 bits per heavy atom. The van der Waals surface area contributed by atoms with Gasteiger partial charge < -0.3 is 4.74 Å². The van der Waals surface area contributed by atoms with Crippen molar-refractivity contribution in [1.82, 2.24) is 9.97 Å². The number of nitrogens with zero attached hydrogens (tertiary/aromatic N) is 2. The molecule has 2 atom stereocenters. The van der Waals surface area contributed by atoms with E-state index in [1.165, 1.54) is 32.1 Å². The third kappa shape index (κ3) is 2.77. The van der Waals surface area contributed by atoms with Crippen LogP contribution in [0.15, 0.2) is 6.07 Å². The lowest BCUT2D eigenvalue weighted by Crippen LogP contribution is -2.28. The highest BCUT2D eigenvalue weighted by atomic mass is 35.5. The van der Waals surface area contributed by atoms with Crippen LogP contribution in [0.5, 0.6) is 5.88 Å². The van der Waals surface area contributed by atoms with Crippen molar-refractivity contribution in [3.63, 3.8) is 0 Å². The monoisotopic (exact) mass is 266 g/mol. The molecule has 1 aromatic rings. The second kappa shape index (κ2) is 5.04. The molecular weight excluding hydrogens is 248 g/mol. The van der Waals surface area contributed by atoms with E-state index in [1.807, 2.05) is 0 Å². The van der Waals surface area contributed by atoms with E-state index < -0.39 is 0 Å². The molecule has 0 bridgehead atoms. The molecule has 2 saturated carbocycles. The van der Waals surface area contributed by atoms with Crippen molar-refractivity contribution in [1.29, 1.82) is 0 Å². The molecule has 0 radical (unpaired) electrons. The van der Waals surface area contributed by atoms with Gasteiger partial charge in [0.25, 0.3) is 0 Å². The Balaban J connectivity index is 1.74. The van der Waals surface area contributed by atoms with Crippen molar-refractivity contribution in [3.8, 4) is 5.88 Å². The SMILES string of the molecule is CC1CCCCC1Oc1cc(Cl)nc(C2CC2)n1. The third-order valence-electron chi connectivity index (χ3n) is 3.94. The van der Waals surface area contributed by atoms with Crippen LogP contribution in [-0.4, -0.2) is 16.1 Å². The molecule has 3 nitrogen and oxygen atoms in total. The van der Waals surface area contributed by atoms with Gasteiger partial charge in [0.1, 0.15) is 17.1 Å². The van der Waals surface area contributed by atoms with E-state index in [0.29, 0.717) is 22.9 Å². The van der Waals surface area contributed by atoms with Crippen molar-refractivity contribution < 1.29 is 4.74 Å². The first-order chi connectivity index (χ1) is 8.72. The van der Waals surface area contributed by atoms with Gasteiger partial charge in [-0.2, -0.15) is 4.98 Å². The first-order valence-electron chi connectivity index (χ1n) is 6.93. The fourth-order valence-corrected chi connectivity index (χ4v) is 2.79. The van der Waals surface area contributed by atoms with Gasteiger partial charge in [-0.3, -0.25) is 0 Å². The Hall–Kier alpha value is -0.830. The summed E-state index contributed by atoms with van der Waals surface area (Å²) in [5.41, 5.74) is 0. The van der Waals surface area contributed by atoms with Crippen LogP contribution in [0.25, 0.3) is 0 Å². The first kappa shape index (κ1) is 12.2. The van der Waals surface area contributed by atoms with Gasteiger partial charge in [0, 0.05) is 12.0 Å². The van der Waals surface area contributed by atoms with Crippen LogP contribution in [0.3, 0.4) is 0 Å². The molecule has 3 rings (SSSR count). The van der Waals surface area contributed by atoms with E-state index in [0.717, 1.165) is 12.2 Å². The third-order valence-corrected chi connectivity index (χ3v) is 4.13. The molecule has 18 heavy (non-hydrogen) atoms. The molecule has 0 spiro atoms. The average molecular weight is 267 g/mol. The summed E-state index contributed by atoms with van der Waals surface area (Å²) in [6.45, 7) is 2.26.